The van der Waals surface area contributed by atoms with Crippen LogP contribution >= 0.6 is 22.9 Å². The van der Waals surface area contributed by atoms with Gasteiger partial charge in [0.1, 0.15) is 0 Å². The number of thiazole rings is 1. The zero-order valence-corrected chi connectivity index (χ0v) is 13.7. The summed E-state index contributed by atoms with van der Waals surface area (Å²) < 4.78 is 1.49. The number of anilines is 1. The summed E-state index contributed by atoms with van der Waals surface area (Å²) in [5.41, 5.74) is 1.60. The van der Waals surface area contributed by atoms with Crippen LogP contribution in [0, 0.1) is 0 Å². The van der Waals surface area contributed by atoms with Crippen LogP contribution in [0.4, 0.5) is 5.69 Å². The Labute approximate surface area is 140 Å². The molecular weight excluding hydrogens is 336 g/mol. The Hall–Kier alpha value is -2.38. The van der Waals surface area contributed by atoms with Crippen molar-refractivity contribution in [1.29, 1.82) is 0 Å². The van der Waals surface area contributed by atoms with Crippen molar-refractivity contribution < 1.29 is 4.79 Å². The predicted molar refractivity (Wildman–Crippen MR) is 91.5 cm³/mol. The molecule has 8 heteroatoms. The smallest absolute Gasteiger partial charge is 0.258 e. The fourth-order valence-corrected chi connectivity index (χ4v) is 3.03. The Balaban J connectivity index is 1.84. The van der Waals surface area contributed by atoms with Crippen molar-refractivity contribution in [2.75, 3.05) is 12.4 Å². The summed E-state index contributed by atoms with van der Waals surface area (Å²) in [6.45, 7) is 0.334. The lowest BCUT2D eigenvalue weighted by molar-refractivity contribution is 0.0963. The molecule has 0 saturated heterocycles. The van der Waals surface area contributed by atoms with Crippen molar-refractivity contribution >= 4 is 39.5 Å². The van der Waals surface area contributed by atoms with Gasteiger partial charge in [0, 0.05) is 30.3 Å². The highest BCUT2D eigenvalue weighted by Gasteiger charge is 2.08. The first-order valence-electron chi connectivity index (χ1n) is 6.80. The Morgan fingerprint density at radius 1 is 1.39 bits per heavy atom. The van der Waals surface area contributed by atoms with E-state index in [1.54, 1.807) is 31.4 Å². The summed E-state index contributed by atoms with van der Waals surface area (Å²) in [7, 11) is 1.57. The molecule has 23 heavy (non-hydrogen) atoms. The normalized spacial score (nSPS) is 10.7. The first-order chi connectivity index (χ1) is 11.1. The molecule has 2 N–H and O–H groups in total. The Kier molecular flexibility index (Phi) is 4.31. The highest BCUT2D eigenvalue weighted by Crippen LogP contribution is 2.23. The molecule has 0 radical (unpaired) electrons. The number of rotatable bonds is 4. The van der Waals surface area contributed by atoms with Gasteiger partial charge in [0.15, 0.2) is 4.96 Å². The van der Waals surface area contributed by atoms with E-state index < -0.39 is 0 Å². The van der Waals surface area contributed by atoms with Crippen LogP contribution in [-0.2, 0) is 6.54 Å². The van der Waals surface area contributed by atoms with Crippen LogP contribution in [0.1, 0.15) is 16.1 Å². The molecule has 118 valence electrons. The lowest BCUT2D eigenvalue weighted by atomic mass is 10.2. The number of hydrogen-bond donors (Lipinski definition) is 2. The van der Waals surface area contributed by atoms with Crippen LogP contribution in [0.15, 0.2) is 40.6 Å². The molecule has 0 atom stereocenters. The minimum absolute atomic E-state index is 0.127. The molecule has 1 aromatic carbocycles. The highest BCUT2D eigenvalue weighted by molar-refractivity contribution is 7.15. The summed E-state index contributed by atoms with van der Waals surface area (Å²) in [5.74, 6) is -0.193. The molecule has 2 aromatic heterocycles. The summed E-state index contributed by atoms with van der Waals surface area (Å²) in [4.78, 5) is 28.7. The number of carbonyl (C=O) groups excluding carboxylic acids is 1. The van der Waals surface area contributed by atoms with Crippen LogP contribution in [0.3, 0.4) is 0 Å². The van der Waals surface area contributed by atoms with Crippen LogP contribution in [-0.4, -0.2) is 22.3 Å². The van der Waals surface area contributed by atoms with Crippen LogP contribution in [0.2, 0.25) is 5.02 Å². The van der Waals surface area contributed by atoms with Crippen molar-refractivity contribution in [3.05, 3.63) is 62.5 Å². The number of carbonyl (C=O) groups is 1. The van der Waals surface area contributed by atoms with Gasteiger partial charge in [0.2, 0.25) is 0 Å². The molecule has 0 spiro atoms. The molecule has 1 amide bonds. The maximum absolute atomic E-state index is 11.9. The highest BCUT2D eigenvalue weighted by atomic mass is 35.5. The van der Waals surface area contributed by atoms with Crippen molar-refractivity contribution in [1.82, 2.24) is 14.7 Å². The molecule has 0 aliphatic heterocycles. The first kappa shape index (κ1) is 15.5. The fourth-order valence-electron chi connectivity index (χ4n) is 2.11. The third kappa shape index (κ3) is 3.20. The van der Waals surface area contributed by atoms with E-state index in [1.165, 1.54) is 21.8 Å². The number of fused-ring (bicyclic) bond motifs is 1. The van der Waals surface area contributed by atoms with Gasteiger partial charge in [-0.1, -0.05) is 11.6 Å². The van der Waals surface area contributed by atoms with Crippen molar-refractivity contribution in [2.45, 2.75) is 6.54 Å². The number of aromatic nitrogens is 2. The van der Waals surface area contributed by atoms with Crippen LogP contribution in [0.5, 0.6) is 0 Å². The molecular formula is C15H13ClN4O2S. The van der Waals surface area contributed by atoms with Gasteiger partial charge in [-0.3, -0.25) is 14.0 Å². The summed E-state index contributed by atoms with van der Waals surface area (Å²) in [5, 5.41) is 7.98. The number of nitrogens with zero attached hydrogens (tertiary/aromatic N) is 2. The number of halogens is 1. The standard InChI is InChI=1S/C15H13ClN4O2S/c1-17-14(22)9-2-3-11(16)12(6-9)18-8-10-7-13(21)20-4-5-23-15(20)19-10/h2-7,18H,8H2,1H3,(H,17,22). The van der Waals surface area contributed by atoms with Crippen molar-refractivity contribution in [2.24, 2.45) is 0 Å². The predicted octanol–water partition coefficient (Wildman–Crippen LogP) is 2.38. The maximum Gasteiger partial charge on any atom is 0.258 e. The van der Waals surface area contributed by atoms with E-state index in [0.717, 1.165) is 0 Å². The largest absolute Gasteiger partial charge is 0.378 e. The first-order valence-corrected chi connectivity index (χ1v) is 8.05. The summed E-state index contributed by atoms with van der Waals surface area (Å²) >= 11 is 7.54. The fraction of sp³-hybridized carbons (Fsp3) is 0.133. The zero-order valence-electron chi connectivity index (χ0n) is 12.2. The molecule has 0 saturated carbocycles. The minimum Gasteiger partial charge on any atom is -0.378 e. The van der Waals surface area contributed by atoms with Gasteiger partial charge in [0.25, 0.3) is 11.5 Å². The number of nitrogens with one attached hydrogen (secondary N) is 2. The summed E-state index contributed by atoms with van der Waals surface area (Å²) in [6, 6.07) is 6.44. The van der Waals surface area contributed by atoms with Gasteiger partial charge in [-0.05, 0) is 18.2 Å². The second-order valence-corrected chi connectivity index (χ2v) is 6.05. The van der Waals surface area contributed by atoms with Gasteiger partial charge in [0.05, 0.1) is 22.9 Å². The van der Waals surface area contributed by atoms with Gasteiger partial charge in [-0.25, -0.2) is 4.98 Å². The second-order valence-electron chi connectivity index (χ2n) is 4.77. The molecule has 6 nitrogen and oxygen atoms in total. The topological polar surface area (TPSA) is 75.5 Å². The van der Waals surface area contributed by atoms with E-state index in [2.05, 4.69) is 15.6 Å². The number of amides is 1. The molecule has 0 bridgehead atoms. The Morgan fingerprint density at radius 3 is 3.00 bits per heavy atom. The molecule has 0 unspecified atom stereocenters. The van der Waals surface area contributed by atoms with Gasteiger partial charge < -0.3 is 10.6 Å². The van der Waals surface area contributed by atoms with E-state index in [4.69, 9.17) is 11.6 Å². The lowest BCUT2D eigenvalue weighted by Gasteiger charge is -2.10. The van der Waals surface area contributed by atoms with Crippen LogP contribution in [0.25, 0.3) is 4.96 Å². The second kappa shape index (κ2) is 6.39. The SMILES string of the molecule is CNC(=O)c1ccc(Cl)c(NCc2cc(=O)n3ccsc3n2)c1. The molecule has 0 aliphatic rings. The average Bonchev–Trinajstić information content (AvgIpc) is 3.02. The van der Waals surface area contributed by atoms with Crippen LogP contribution < -0.4 is 16.2 Å². The molecule has 0 fully saturated rings. The third-order valence-corrected chi connectivity index (χ3v) is 4.36. The Bertz CT molecular complexity index is 935. The van der Waals surface area contributed by atoms with Gasteiger partial charge in [-0.2, -0.15) is 0 Å². The molecule has 3 aromatic rings. The van der Waals surface area contributed by atoms with E-state index in [9.17, 15) is 9.59 Å². The van der Waals surface area contributed by atoms with Crippen molar-refractivity contribution in [3.8, 4) is 0 Å². The minimum atomic E-state index is -0.193. The molecule has 0 aliphatic carbocycles. The molecule has 2 heterocycles. The maximum atomic E-state index is 11.9. The monoisotopic (exact) mass is 348 g/mol. The molecule has 3 rings (SSSR count). The summed E-state index contributed by atoms with van der Waals surface area (Å²) in [6.07, 6.45) is 1.69. The lowest BCUT2D eigenvalue weighted by Crippen LogP contribution is -2.18. The number of hydrogen-bond acceptors (Lipinski definition) is 5. The quantitative estimate of drug-likeness (QED) is 0.759. The zero-order chi connectivity index (χ0) is 16.4. The third-order valence-electron chi connectivity index (χ3n) is 3.27. The average molecular weight is 349 g/mol. The van der Waals surface area contributed by atoms with E-state index in [1.807, 2.05) is 5.38 Å². The Morgan fingerprint density at radius 2 is 2.22 bits per heavy atom. The number of benzene rings is 1. The van der Waals surface area contributed by atoms with Gasteiger partial charge in [-0.15, -0.1) is 11.3 Å². The van der Waals surface area contributed by atoms with E-state index in [-0.39, 0.29) is 11.5 Å². The van der Waals surface area contributed by atoms with E-state index >= 15 is 0 Å². The van der Waals surface area contributed by atoms with E-state index in [0.29, 0.717) is 33.5 Å². The van der Waals surface area contributed by atoms with Crippen molar-refractivity contribution in [3.63, 3.8) is 0 Å². The van der Waals surface area contributed by atoms with Gasteiger partial charge >= 0.3 is 0 Å².